The van der Waals surface area contributed by atoms with Crippen LogP contribution in [0.1, 0.15) is 15.9 Å². The van der Waals surface area contributed by atoms with Gasteiger partial charge in [-0.15, -0.1) is 0 Å². The molecule has 0 aliphatic heterocycles. The van der Waals surface area contributed by atoms with E-state index in [1.54, 1.807) is 12.1 Å². The molecule has 12 heteroatoms. The predicted octanol–water partition coefficient (Wildman–Crippen LogP) is 3.80. The minimum Gasteiger partial charge on any atom is -0.422 e. The Labute approximate surface area is 199 Å². The lowest BCUT2D eigenvalue weighted by Gasteiger charge is -2.07. The highest BCUT2D eigenvalue weighted by Crippen LogP contribution is 2.20. The van der Waals surface area contributed by atoms with Gasteiger partial charge >= 0.3 is 17.8 Å². The van der Waals surface area contributed by atoms with Gasteiger partial charge in [0.05, 0.1) is 22.4 Å². The van der Waals surface area contributed by atoms with E-state index in [9.17, 15) is 28.9 Å². The third-order valence-corrected chi connectivity index (χ3v) is 4.68. The van der Waals surface area contributed by atoms with Gasteiger partial charge < -0.3 is 10.1 Å². The van der Waals surface area contributed by atoms with Gasteiger partial charge in [-0.05, 0) is 42.5 Å². The molecule has 0 bridgehead atoms. The fourth-order valence-corrected chi connectivity index (χ4v) is 2.87. The van der Waals surface area contributed by atoms with E-state index >= 15 is 0 Å². The summed E-state index contributed by atoms with van der Waals surface area (Å²) >= 11 is 3.08. The van der Waals surface area contributed by atoms with E-state index in [4.69, 9.17) is 4.74 Å². The zero-order valence-electron chi connectivity index (χ0n) is 17.0. The molecule has 3 aromatic rings. The van der Waals surface area contributed by atoms with Crippen LogP contribution in [0.5, 0.6) is 5.75 Å². The summed E-state index contributed by atoms with van der Waals surface area (Å²) in [6.07, 6.45) is 1.14. The molecule has 2 N–H and O–H groups in total. The number of para-hydroxylation sites is 1. The molecule has 2 amide bonds. The van der Waals surface area contributed by atoms with Gasteiger partial charge in [-0.2, -0.15) is 5.10 Å². The molecule has 0 fully saturated rings. The Bertz CT molecular complexity index is 1300. The highest BCUT2D eigenvalue weighted by Gasteiger charge is 2.16. The highest BCUT2D eigenvalue weighted by molar-refractivity contribution is 9.10. The van der Waals surface area contributed by atoms with Crippen LogP contribution in [0.15, 0.2) is 76.3 Å². The van der Waals surface area contributed by atoms with E-state index < -0.39 is 28.5 Å². The number of esters is 1. The maximum absolute atomic E-state index is 13.8. The van der Waals surface area contributed by atoms with E-state index in [-0.39, 0.29) is 28.3 Å². The number of benzene rings is 3. The molecule has 3 aromatic carbocycles. The number of halogens is 2. The number of ether oxygens (including phenoxy) is 1. The van der Waals surface area contributed by atoms with Crippen molar-refractivity contribution in [1.82, 2.24) is 5.43 Å². The molecular formula is C22H14BrFN4O6. The summed E-state index contributed by atoms with van der Waals surface area (Å²) in [5.41, 5.74) is 2.01. The Morgan fingerprint density at radius 3 is 2.41 bits per heavy atom. The number of nitro groups is 1. The minimum absolute atomic E-state index is 0.0856. The SMILES string of the molecule is O=C(N/N=C/c1ccccc1OC(=O)c1ccc([N+](=O)[O-])cc1)C(=O)Nc1ccc(Br)cc1F. The van der Waals surface area contributed by atoms with E-state index in [2.05, 4.69) is 26.3 Å². The number of hydrogen-bond donors (Lipinski definition) is 2. The molecular weight excluding hydrogens is 515 g/mol. The number of carbonyl (C=O) groups is 3. The Hall–Kier alpha value is -4.45. The Balaban J connectivity index is 1.63. The Morgan fingerprint density at radius 2 is 1.74 bits per heavy atom. The van der Waals surface area contributed by atoms with Gasteiger partial charge in [-0.1, -0.05) is 28.1 Å². The summed E-state index contributed by atoms with van der Waals surface area (Å²) in [6, 6.07) is 15.0. The maximum Gasteiger partial charge on any atom is 0.343 e. The molecule has 0 saturated carbocycles. The molecule has 0 spiro atoms. The van der Waals surface area contributed by atoms with E-state index in [1.165, 1.54) is 48.5 Å². The fourth-order valence-electron chi connectivity index (χ4n) is 2.54. The molecule has 0 aliphatic carbocycles. The predicted molar refractivity (Wildman–Crippen MR) is 123 cm³/mol. The van der Waals surface area contributed by atoms with Crippen molar-refractivity contribution in [3.63, 3.8) is 0 Å². The van der Waals surface area contributed by atoms with E-state index in [0.717, 1.165) is 12.3 Å². The van der Waals surface area contributed by atoms with Crippen molar-refractivity contribution >= 4 is 51.3 Å². The van der Waals surface area contributed by atoms with Gasteiger partial charge in [0, 0.05) is 22.2 Å². The zero-order valence-corrected chi connectivity index (χ0v) is 18.6. The largest absolute Gasteiger partial charge is 0.422 e. The van der Waals surface area contributed by atoms with Gasteiger partial charge in [0.1, 0.15) is 11.6 Å². The van der Waals surface area contributed by atoms with Crippen molar-refractivity contribution in [2.45, 2.75) is 0 Å². The van der Waals surface area contributed by atoms with Crippen molar-refractivity contribution in [3.8, 4) is 5.75 Å². The molecule has 0 heterocycles. The van der Waals surface area contributed by atoms with Crippen molar-refractivity contribution in [3.05, 3.63) is 98.3 Å². The van der Waals surface area contributed by atoms with E-state index in [1.807, 2.05) is 5.43 Å². The van der Waals surface area contributed by atoms with Gasteiger partial charge in [0.25, 0.3) is 5.69 Å². The molecule has 0 unspecified atom stereocenters. The number of non-ortho nitro benzene ring substituents is 1. The Morgan fingerprint density at radius 1 is 1.03 bits per heavy atom. The van der Waals surface area contributed by atoms with Crippen molar-refractivity contribution in [1.29, 1.82) is 0 Å². The maximum atomic E-state index is 13.8. The number of rotatable bonds is 6. The normalized spacial score (nSPS) is 10.5. The van der Waals surface area contributed by atoms with Gasteiger partial charge in [0.15, 0.2) is 0 Å². The van der Waals surface area contributed by atoms with Crippen LogP contribution in [0.3, 0.4) is 0 Å². The molecule has 0 radical (unpaired) electrons. The topological polar surface area (TPSA) is 140 Å². The Kier molecular flexibility index (Phi) is 7.77. The number of amides is 2. The lowest BCUT2D eigenvalue weighted by Crippen LogP contribution is -2.32. The third-order valence-electron chi connectivity index (χ3n) is 4.19. The molecule has 172 valence electrons. The van der Waals surface area contributed by atoms with Crippen LogP contribution in [-0.2, 0) is 9.59 Å². The average molecular weight is 529 g/mol. The monoisotopic (exact) mass is 528 g/mol. The van der Waals surface area contributed by atoms with Crippen molar-refractivity contribution < 1.29 is 28.4 Å². The molecule has 10 nitrogen and oxygen atoms in total. The number of nitrogens with zero attached hydrogens (tertiary/aromatic N) is 2. The zero-order chi connectivity index (χ0) is 24.7. The second kappa shape index (κ2) is 10.9. The quantitative estimate of drug-likeness (QED) is 0.124. The summed E-state index contributed by atoms with van der Waals surface area (Å²) in [6.45, 7) is 0. The minimum atomic E-state index is -1.15. The first-order chi connectivity index (χ1) is 16.2. The standard InChI is InChI=1S/C22H14BrFN4O6/c23-15-7-10-18(17(24)11-15)26-20(29)21(30)27-25-12-14-3-1-2-4-19(14)34-22(31)13-5-8-16(9-6-13)28(32)33/h1-12H,(H,26,29)(H,27,30)/b25-12+. The number of hydrogen-bond acceptors (Lipinski definition) is 7. The highest BCUT2D eigenvalue weighted by atomic mass is 79.9. The summed E-state index contributed by atoms with van der Waals surface area (Å²) < 4.78 is 19.6. The van der Waals surface area contributed by atoms with Crippen LogP contribution in [0.25, 0.3) is 0 Å². The van der Waals surface area contributed by atoms with Crippen molar-refractivity contribution in [2.24, 2.45) is 5.10 Å². The second-order valence-electron chi connectivity index (χ2n) is 6.51. The molecule has 0 atom stereocenters. The van der Waals surface area contributed by atoms with Gasteiger partial charge in [-0.25, -0.2) is 14.6 Å². The first-order valence-electron chi connectivity index (χ1n) is 9.39. The smallest absolute Gasteiger partial charge is 0.343 e. The van der Waals surface area contributed by atoms with Crippen LogP contribution in [-0.4, -0.2) is 28.9 Å². The van der Waals surface area contributed by atoms with Gasteiger partial charge in [0.2, 0.25) is 0 Å². The fraction of sp³-hybridized carbons (Fsp3) is 0. The number of hydrazone groups is 1. The van der Waals surface area contributed by atoms with Gasteiger partial charge in [-0.3, -0.25) is 19.7 Å². The van der Waals surface area contributed by atoms with Crippen LogP contribution < -0.4 is 15.5 Å². The summed E-state index contributed by atoms with van der Waals surface area (Å²) in [7, 11) is 0. The molecule has 34 heavy (non-hydrogen) atoms. The number of carbonyl (C=O) groups excluding carboxylic acids is 3. The summed E-state index contributed by atoms with van der Waals surface area (Å²) in [4.78, 5) is 46.4. The molecule has 0 aromatic heterocycles. The van der Waals surface area contributed by atoms with Crippen LogP contribution in [0.4, 0.5) is 15.8 Å². The van der Waals surface area contributed by atoms with E-state index in [0.29, 0.717) is 4.47 Å². The van der Waals surface area contributed by atoms with Crippen molar-refractivity contribution in [2.75, 3.05) is 5.32 Å². The number of anilines is 1. The third kappa shape index (κ3) is 6.29. The summed E-state index contributed by atoms with van der Waals surface area (Å²) in [5.74, 6) is -3.71. The molecule has 0 saturated heterocycles. The lowest BCUT2D eigenvalue weighted by atomic mass is 10.2. The molecule has 0 aliphatic rings. The van der Waals surface area contributed by atoms with Crippen LogP contribution in [0, 0.1) is 15.9 Å². The lowest BCUT2D eigenvalue weighted by molar-refractivity contribution is -0.384. The first-order valence-corrected chi connectivity index (χ1v) is 10.2. The average Bonchev–Trinajstić information content (AvgIpc) is 2.81. The molecule has 3 rings (SSSR count). The first kappa shape index (κ1) is 24.2. The number of nitro benzene ring substituents is 1. The number of nitrogens with one attached hydrogen (secondary N) is 2. The van der Waals surface area contributed by atoms with Crippen LogP contribution in [0.2, 0.25) is 0 Å². The summed E-state index contributed by atoms with van der Waals surface area (Å²) in [5, 5.41) is 16.5. The second-order valence-corrected chi connectivity index (χ2v) is 7.42. The van der Waals surface area contributed by atoms with Crippen LogP contribution >= 0.6 is 15.9 Å².